The van der Waals surface area contributed by atoms with Crippen LogP contribution in [0.3, 0.4) is 0 Å². The van der Waals surface area contributed by atoms with Crippen LogP contribution in [-0.2, 0) is 11.2 Å². The van der Waals surface area contributed by atoms with Crippen LogP contribution in [0.25, 0.3) is 0 Å². The molecule has 1 fully saturated rings. The minimum absolute atomic E-state index is 0.259. The summed E-state index contributed by atoms with van der Waals surface area (Å²) in [7, 11) is 0. The van der Waals surface area contributed by atoms with Gasteiger partial charge in [0.2, 0.25) is 0 Å². The monoisotopic (exact) mass is 288 g/mol. The molecule has 2 nitrogen and oxygen atoms in total. The van der Waals surface area contributed by atoms with Crippen LogP contribution in [0.5, 0.6) is 5.75 Å². The van der Waals surface area contributed by atoms with Crippen molar-refractivity contribution in [3.05, 3.63) is 29.8 Å². The van der Waals surface area contributed by atoms with Crippen LogP contribution in [0.15, 0.2) is 24.3 Å². The first-order valence-electron chi connectivity index (χ1n) is 8.51. The molecule has 0 aromatic heterocycles. The number of unbranched alkanes of at least 4 members (excludes halogenated alkanes) is 2. The van der Waals surface area contributed by atoms with E-state index in [4.69, 9.17) is 4.74 Å². The number of hydrogen-bond donors (Lipinski definition) is 0. The molecular weight excluding hydrogens is 260 g/mol. The van der Waals surface area contributed by atoms with Crippen LogP contribution in [0.4, 0.5) is 0 Å². The van der Waals surface area contributed by atoms with Crippen molar-refractivity contribution in [3.63, 3.8) is 0 Å². The summed E-state index contributed by atoms with van der Waals surface area (Å²) in [5.74, 6) is 1.40. The van der Waals surface area contributed by atoms with E-state index in [-0.39, 0.29) is 5.97 Å². The SMILES string of the molecule is CC(=O)Oc1ccc(CCCCCC2CCCCC2)cc1. The molecule has 0 aliphatic heterocycles. The molecule has 0 N–H and O–H groups in total. The van der Waals surface area contributed by atoms with Crippen LogP contribution < -0.4 is 4.74 Å². The van der Waals surface area contributed by atoms with Crippen LogP contribution in [0, 0.1) is 5.92 Å². The molecule has 0 amide bonds. The molecule has 1 aliphatic carbocycles. The number of esters is 1. The summed E-state index contributed by atoms with van der Waals surface area (Å²) in [4.78, 5) is 10.9. The molecule has 1 aromatic carbocycles. The highest BCUT2D eigenvalue weighted by Gasteiger charge is 2.12. The highest BCUT2D eigenvalue weighted by Crippen LogP contribution is 2.28. The van der Waals surface area contributed by atoms with Gasteiger partial charge in [-0.2, -0.15) is 0 Å². The lowest BCUT2D eigenvalue weighted by Crippen LogP contribution is -2.05. The van der Waals surface area contributed by atoms with Crippen molar-refractivity contribution in [2.75, 3.05) is 0 Å². The zero-order chi connectivity index (χ0) is 14.9. The summed E-state index contributed by atoms with van der Waals surface area (Å²) in [5, 5.41) is 0. The smallest absolute Gasteiger partial charge is 0.308 e. The summed E-state index contributed by atoms with van der Waals surface area (Å²) in [6.07, 6.45) is 13.9. The maximum Gasteiger partial charge on any atom is 0.308 e. The van der Waals surface area contributed by atoms with E-state index in [0.717, 1.165) is 12.3 Å². The Labute approximate surface area is 128 Å². The van der Waals surface area contributed by atoms with Crippen molar-refractivity contribution < 1.29 is 9.53 Å². The Morgan fingerprint density at radius 3 is 2.43 bits per heavy atom. The van der Waals surface area contributed by atoms with Gasteiger partial charge in [-0.25, -0.2) is 0 Å². The molecule has 0 heterocycles. The molecule has 0 spiro atoms. The van der Waals surface area contributed by atoms with Crippen LogP contribution in [-0.4, -0.2) is 5.97 Å². The largest absolute Gasteiger partial charge is 0.427 e. The number of ether oxygens (including phenoxy) is 1. The summed E-state index contributed by atoms with van der Waals surface area (Å²) in [6, 6.07) is 7.91. The first-order chi connectivity index (χ1) is 10.2. The summed E-state index contributed by atoms with van der Waals surface area (Å²) in [6.45, 7) is 1.43. The standard InChI is InChI=1S/C19H28O2/c1-16(20)21-19-14-12-18(13-15-19)11-7-3-6-10-17-8-4-2-5-9-17/h12-15,17H,2-11H2,1H3. The van der Waals surface area contributed by atoms with Crippen LogP contribution >= 0.6 is 0 Å². The number of benzene rings is 1. The highest BCUT2D eigenvalue weighted by molar-refractivity contribution is 5.69. The normalized spacial score (nSPS) is 15.9. The molecule has 0 bridgehead atoms. The molecule has 116 valence electrons. The Kier molecular flexibility index (Phi) is 6.78. The number of rotatable bonds is 7. The van der Waals surface area contributed by atoms with E-state index in [1.165, 1.54) is 70.3 Å². The molecule has 0 unspecified atom stereocenters. The van der Waals surface area contributed by atoms with Gasteiger partial charge >= 0.3 is 5.97 Å². The van der Waals surface area contributed by atoms with Gasteiger partial charge in [-0.15, -0.1) is 0 Å². The lowest BCUT2D eigenvalue weighted by atomic mass is 9.85. The molecule has 0 atom stereocenters. The van der Waals surface area contributed by atoms with Crippen molar-refractivity contribution in [3.8, 4) is 5.75 Å². The van der Waals surface area contributed by atoms with Crippen LogP contribution in [0.2, 0.25) is 0 Å². The van der Waals surface area contributed by atoms with E-state index in [0.29, 0.717) is 5.75 Å². The van der Waals surface area contributed by atoms with Gasteiger partial charge in [0.05, 0.1) is 0 Å². The quantitative estimate of drug-likeness (QED) is 0.387. The maximum atomic E-state index is 10.9. The third-order valence-electron chi connectivity index (χ3n) is 4.49. The topological polar surface area (TPSA) is 26.3 Å². The van der Waals surface area contributed by atoms with Gasteiger partial charge in [0, 0.05) is 6.92 Å². The number of aryl methyl sites for hydroxylation is 1. The lowest BCUT2D eigenvalue weighted by Gasteiger charge is -2.21. The molecular formula is C19H28O2. The van der Waals surface area contributed by atoms with Crippen LogP contribution in [0.1, 0.15) is 70.3 Å². The van der Waals surface area contributed by atoms with Gasteiger partial charge in [0.25, 0.3) is 0 Å². The van der Waals surface area contributed by atoms with Gasteiger partial charge in [0.15, 0.2) is 0 Å². The second kappa shape index (κ2) is 8.86. The van der Waals surface area contributed by atoms with Crippen molar-refractivity contribution in [2.45, 2.75) is 71.1 Å². The van der Waals surface area contributed by atoms with E-state index >= 15 is 0 Å². The van der Waals surface area contributed by atoms with Gasteiger partial charge in [-0.05, 0) is 36.5 Å². The fraction of sp³-hybridized carbons (Fsp3) is 0.632. The summed E-state index contributed by atoms with van der Waals surface area (Å²) < 4.78 is 5.04. The lowest BCUT2D eigenvalue weighted by molar-refractivity contribution is -0.131. The zero-order valence-electron chi connectivity index (χ0n) is 13.3. The molecule has 0 radical (unpaired) electrons. The summed E-state index contributed by atoms with van der Waals surface area (Å²) in [5.41, 5.74) is 1.34. The Balaban J connectivity index is 1.58. The number of carbonyl (C=O) groups excluding carboxylic acids is 1. The molecule has 0 saturated heterocycles. The average Bonchev–Trinajstić information content (AvgIpc) is 2.49. The molecule has 1 aromatic rings. The first kappa shape index (κ1) is 16.1. The second-order valence-electron chi connectivity index (χ2n) is 6.34. The second-order valence-corrected chi connectivity index (χ2v) is 6.34. The first-order valence-corrected chi connectivity index (χ1v) is 8.51. The number of carbonyl (C=O) groups is 1. The molecule has 1 saturated carbocycles. The van der Waals surface area contributed by atoms with Crippen molar-refractivity contribution in [1.29, 1.82) is 0 Å². The highest BCUT2D eigenvalue weighted by atomic mass is 16.5. The van der Waals surface area contributed by atoms with Crippen molar-refractivity contribution >= 4 is 5.97 Å². The van der Waals surface area contributed by atoms with E-state index in [1.54, 1.807) is 0 Å². The minimum Gasteiger partial charge on any atom is -0.427 e. The van der Waals surface area contributed by atoms with E-state index < -0.39 is 0 Å². The molecule has 21 heavy (non-hydrogen) atoms. The minimum atomic E-state index is -0.259. The summed E-state index contributed by atoms with van der Waals surface area (Å²) >= 11 is 0. The molecule has 2 heteroatoms. The van der Waals surface area contributed by atoms with Gasteiger partial charge < -0.3 is 4.74 Å². The Morgan fingerprint density at radius 2 is 1.76 bits per heavy atom. The third-order valence-corrected chi connectivity index (χ3v) is 4.49. The number of hydrogen-bond acceptors (Lipinski definition) is 2. The van der Waals surface area contributed by atoms with Gasteiger partial charge in [-0.1, -0.05) is 63.5 Å². The predicted octanol–water partition coefficient (Wildman–Crippen LogP) is 5.30. The third kappa shape index (κ3) is 6.33. The Hall–Kier alpha value is -1.31. The van der Waals surface area contributed by atoms with Gasteiger partial charge in [0.1, 0.15) is 5.75 Å². The molecule has 2 rings (SSSR count). The fourth-order valence-electron chi connectivity index (χ4n) is 3.30. The fourth-order valence-corrected chi connectivity index (χ4v) is 3.30. The van der Waals surface area contributed by atoms with Crippen molar-refractivity contribution in [1.82, 2.24) is 0 Å². The maximum absolute atomic E-state index is 10.9. The van der Waals surface area contributed by atoms with E-state index in [2.05, 4.69) is 12.1 Å². The predicted molar refractivity (Wildman–Crippen MR) is 86.5 cm³/mol. The Bertz CT molecular complexity index is 416. The Morgan fingerprint density at radius 1 is 1.05 bits per heavy atom. The van der Waals surface area contributed by atoms with E-state index in [9.17, 15) is 4.79 Å². The average molecular weight is 288 g/mol. The van der Waals surface area contributed by atoms with E-state index in [1.807, 2.05) is 12.1 Å². The molecule has 1 aliphatic rings. The van der Waals surface area contributed by atoms with Gasteiger partial charge in [-0.3, -0.25) is 4.79 Å². The zero-order valence-corrected chi connectivity index (χ0v) is 13.3. The van der Waals surface area contributed by atoms with Crippen molar-refractivity contribution in [2.24, 2.45) is 5.92 Å².